The number of fused-ring (bicyclic) bond motifs is 1. The molecule has 2 aromatic carbocycles. The van der Waals surface area contributed by atoms with Gasteiger partial charge in [-0.2, -0.15) is 0 Å². The van der Waals surface area contributed by atoms with E-state index in [0.29, 0.717) is 35.1 Å². The zero-order chi connectivity index (χ0) is 17.2. The monoisotopic (exact) mass is 332 g/mol. The molecular formula is C20H16N2O3. The van der Waals surface area contributed by atoms with Crippen molar-refractivity contribution in [2.75, 3.05) is 5.73 Å². The fraction of sp³-hybridized carbons (Fsp3) is 0.100. The lowest BCUT2D eigenvalue weighted by Crippen LogP contribution is -2.20. The highest BCUT2D eigenvalue weighted by Crippen LogP contribution is 2.37. The number of hydrogen-bond acceptors (Lipinski definition) is 5. The van der Waals surface area contributed by atoms with Crippen molar-refractivity contribution >= 4 is 11.5 Å². The second-order valence-electron chi connectivity index (χ2n) is 5.83. The summed E-state index contributed by atoms with van der Waals surface area (Å²) in [4.78, 5) is 16.5. The Balaban J connectivity index is 1.61. The number of nitrogens with zero attached hydrogens (tertiary/aromatic N) is 1. The smallest absolute Gasteiger partial charge is 0.219 e. The van der Waals surface area contributed by atoms with Gasteiger partial charge in [-0.25, -0.2) is 4.98 Å². The van der Waals surface area contributed by atoms with Crippen molar-refractivity contribution in [3.05, 3.63) is 78.0 Å². The summed E-state index contributed by atoms with van der Waals surface area (Å²) in [6.45, 7) is 0. The van der Waals surface area contributed by atoms with E-state index < -0.39 is 0 Å². The number of Topliss-reactive ketones (excluding diaryl/α,β-unsaturated/α-hetero) is 1. The average molecular weight is 332 g/mol. The van der Waals surface area contributed by atoms with Crippen molar-refractivity contribution in [1.82, 2.24) is 4.98 Å². The van der Waals surface area contributed by atoms with Gasteiger partial charge in [0.1, 0.15) is 17.6 Å². The Hall–Kier alpha value is -3.34. The molecule has 5 nitrogen and oxygen atoms in total. The summed E-state index contributed by atoms with van der Waals surface area (Å²) >= 11 is 0. The van der Waals surface area contributed by atoms with Crippen molar-refractivity contribution in [3.63, 3.8) is 0 Å². The fourth-order valence-electron chi connectivity index (χ4n) is 2.79. The molecule has 0 saturated carbocycles. The fourth-order valence-corrected chi connectivity index (χ4v) is 2.79. The van der Waals surface area contributed by atoms with Crippen LogP contribution in [0.15, 0.2) is 66.9 Å². The third-order valence-corrected chi connectivity index (χ3v) is 4.05. The zero-order valence-electron chi connectivity index (χ0n) is 13.4. The van der Waals surface area contributed by atoms with Gasteiger partial charge in [0.15, 0.2) is 5.78 Å². The number of pyridine rings is 1. The zero-order valence-corrected chi connectivity index (χ0v) is 13.4. The lowest BCUT2D eigenvalue weighted by molar-refractivity contribution is 0.0849. The first kappa shape index (κ1) is 15.2. The molecule has 0 radical (unpaired) electrons. The van der Waals surface area contributed by atoms with Gasteiger partial charge in [0, 0.05) is 12.1 Å². The van der Waals surface area contributed by atoms with E-state index in [0.717, 1.165) is 5.56 Å². The number of carbonyl (C=O) groups is 1. The topological polar surface area (TPSA) is 74.4 Å². The first-order chi connectivity index (χ1) is 12.2. The van der Waals surface area contributed by atoms with Crippen molar-refractivity contribution in [2.45, 2.75) is 12.5 Å². The first-order valence-corrected chi connectivity index (χ1v) is 7.97. The van der Waals surface area contributed by atoms with E-state index in [9.17, 15) is 4.79 Å². The summed E-state index contributed by atoms with van der Waals surface area (Å²) in [6.07, 6.45) is 1.57. The number of aromatic nitrogens is 1. The maximum atomic E-state index is 12.4. The highest BCUT2D eigenvalue weighted by atomic mass is 16.5. The van der Waals surface area contributed by atoms with E-state index in [1.165, 1.54) is 6.20 Å². The molecule has 1 aliphatic heterocycles. The van der Waals surface area contributed by atoms with Crippen LogP contribution < -0.4 is 15.2 Å². The van der Waals surface area contributed by atoms with E-state index in [2.05, 4.69) is 4.98 Å². The maximum Gasteiger partial charge on any atom is 0.219 e. The molecule has 0 aliphatic carbocycles. The molecule has 5 heteroatoms. The first-order valence-electron chi connectivity index (χ1n) is 7.97. The van der Waals surface area contributed by atoms with Crippen LogP contribution in [0, 0.1) is 0 Å². The third kappa shape index (κ3) is 3.17. The molecule has 1 aliphatic rings. The highest BCUT2D eigenvalue weighted by molar-refractivity contribution is 6.00. The molecule has 1 aromatic heterocycles. The SMILES string of the molecule is Nc1ccc(Oc2ccc3c(c2)OC(c2ccccc2)CC3=O)nc1. The number of hydrogen-bond donors (Lipinski definition) is 1. The Kier molecular flexibility index (Phi) is 3.82. The quantitative estimate of drug-likeness (QED) is 0.779. The van der Waals surface area contributed by atoms with Gasteiger partial charge < -0.3 is 15.2 Å². The van der Waals surface area contributed by atoms with Gasteiger partial charge in [-0.15, -0.1) is 0 Å². The minimum Gasteiger partial charge on any atom is -0.484 e. The molecule has 0 amide bonds. The summed E-state index contributed by atoms with van der Waals surface area (Å²) in [5, 5.41) is 0. The molecular weight excluding hydrogens is 316 g/mol. The Bertz CT molecular complexity index is 908. The standard InChI is InChI=1S/C20H16N2O3/c21-14-6-9-20(22-12-14)24-15-7-8-16-17(23)11-18(25-19(16)10-15)13-4-2-1-3-5-13/h1-10,12,18H,11,21H2. The molecule has 3 aromatic rings. The van der Waals surface area contributed by atoms with Crippen LogP contribution >= 0.6 is 0 Å². The van der Waals surface area contributed by atoms with Gasteiger partial charge in [-0.3, -0.25) is 4.79 Å². The number of nitrogens with two attached hydrogens (primary N) is 1. The van der Waals surface area contributed by atoms with E-state index in [-0.39, 0.29) is 11.9 Å². The molecule has 2 heterocycles. The average Bonchev–Trinajstić information content (AvgIpc) is 2.64. The van der Waals surface area contributed by atoms with Gasteiger partial charge in [0.05, 0.1) is 23.9 Å². The summed E-state index contributed by atoms with van der Waals surface area (Å²) in [7, 11) is 0. The summed E-state index contributed by atoms with van der Waals surface area (Å²) in [6, 6.07) is 18.3. The predicted octanol–water partition coefficient (Wildman–Crippen LogP) is 4.16. The van der Waals surface area contributed by atoms with Crippen molar-refractivity contribution in [2.24, 2.45) is 0 Å². The van der Waals surface area contributed by atoms with Crippen LogP contribution in [-0.4, -0.2) is 10.8 Å². The number of nitrogen functional groups attached to an aromatic ring is 1. The third-order valence-electron chi connectivity index (χ3n) is 4.05. The highest BCUT2D eigenvalue weighted by Gasteiger charge is 2.28. The van der Waals surface area contributed by atoms with E-state index in [1.807, 2.05) is 30.3 Å². The van der Waals surface area contributed by atoms with Crippen LogP contribution in [0.5, 0.6) is 17.4 Å². The number of ether oxygens (including phenoxy) is 2. The second-order valence-corrected chi connectivity index (χ2v) is 5.83. The van der Waals surface area contributed by atoms with Crippen LogP contribution in [0.1, 0.15) is 28.4 Å². The lowest BCUT2D eigenvalue weighted by Gasteiger charge is -2.25. The molecule has 2 N–H and O–H groups in total. The van der Waals surface area contributed by atoms with Gasteiger partial charge >= 0.3 is 0 Å². The van der Waals surface area contributed by atoms with E-state index >= 15 is 0 Å². The molecule has 0 fully saturated rings. The number of rotatable bonds is 3. The van der Waals surface area contributed by atoms with Crippen molar-refractivity contribution in [1.29, 1.82) is 0 Å². The summed E-state index contributed by atoms with van der Waals surface area (Å²) in [5.74, 6) is 1.57. The minimum absolute atomic E-state index is 0.0623. The number of carbonyl (C=O) groups excluding carboxylic acids is 1. The largest absolute Gasteiger partial charge is 0.484 e. The van der Waals surface area contributed by atoms with Gasteiger partial charge in [-0.1, -0.05) is 30.3 Å². The van der Waals surface area contributed by atoms with Crippen LogP contribution in [0.3, 0.4) is 0 Å². The van der Waals surface area contributed by atoms with Crippen LogP contribution in [-0.2, 0) is 0 Å². The Morgan fingerprint density at radius 3 is 2.68 bits per heavy atom. The number of benzene rings is 2. The van der Waals surface area contributed by atoms with E-state index in [1.54, 1.807) is 30.3 Å². The number of anilines is 1. The number of ketones is 1. The Morgan fingerprint density at radius 1 is 1.08 bits per heavy atom. The van der Waals surface area contributed by atoms with Gasteiger partial charge in [0.2, 0.25) is 5.88 Å². The van der Waals surface area contributed by atoms with E-state index in [4.69, 9.17) is 15.2 Å². The predicted molar refractivity (Wildman–Crippen MR) is 93.9 cm³/mol. The van der Waals surface area contributed by atoms with Crippen molar-refractivity contribution < 1.29 is 14.3 Å². The summed E-state index contributed by atoms with van der Waals surface area (Å²) < 4.78 is 11.8. The Labute approximate surface area is 145 Å². The van der Waals surface area contributed by atoms with Crippen LogP contribution in [0.2, 0.25) is 0 Å². The molecule has 0 saturated heterocycles. The molecule has 0 bridgehead atoms. The summed E-state index contributed by atoms with van der Waals surface area (Å²) in [5.41, 5.74) is 7.74. The minimum atomic E-state index is -0.286. The van der Waals surface area contributed by atoms with Gasteiger partial charge in [0.25, 0.3) is 0 Å². The molecule has 1 unspecified atom stereocenters. The molecule has 4 rings (SSSR count). The lowest BCUT2D eigenvalue weighted by atomic mass is 9.96. The molecule has 0 spiro atoms. The van der Waals surface area contributed by atoms with Crippen LogP contribution in [0.25, 0.3) is 0 Å². The normalized spacial score (nSPS) is 16.0. The second kappa shape index (κ2) is 6.28. The Morgan fingerprint density at radius 2 is 1.92 bits per heavy atom. The molecule has 124 valence electrons. The van der Waals surface area contributed by atoms with Gasteiger partial charge in [-0.05, 0) is 23.8 Å². The van der Waals surface area contributed by atoms with Crippen molar-refractivity contribution in [3.8, 4) is 17.4 Å². The molecule has 1 atom stereocenters. The van der Waals surface area contributed by atoms with Crippen LogP contribution in [0.4, 0.5) is 5.69 Å². The maximum absolute atomic E-state index is 12.4. The molecule has 25 heavy (non-hydrogen) atoms.